The van der Waals surface area contributed by atoms with E-state index in [-0.39, 0.29) is 0 Å². The van der Waals surface area contributed by atoms with Crippen LogP contribution >= 0.6 is 11.6 Å². The molecule has 1 aromatic heterocycles. The monoisotopic (exact) mass is 190 g/mol. The first kappa shape index (κ1) is 8.15. The number of H-pyrrole nitrogens is 1. The first-order chi connectivity index (χ1) is 6.42. The average molecular weight is 191 g/mol. The lowest BCUT2D eigenvalue weighted by Crippen LogP contribution is -1.75. The minimum absolute atomic E-state index is 0.355. The molecule has 2 aromatic rings. The van der Waals surface area contributed by atoms with Gasteiger partial charge in [-0.15, -0.1) is 11.6 Å². The third-order valence-electron chi connectivity index (χ3n) is 1.77. The highest BCUT2D eigenvalue weighted by Gasteiger charge is 1.97. The number of hydrogen-bond donors (Lipinski definition) is 1. The van der Waals surface area contributed by atoms with Crippen LogP contribution in [0.25, 0.3) is 10.9 Å². The van der Waals surface area contributed by atoms with Gasteiger partial charge in [-0.05, 0) is 12.1 Å². The lowest BCUT2D eigenvalue weighted by molar-refractivity contribution is 1.12. The van der Waals surface area contributed by atoms with Crippen LogP contribution in [0, 0.1) is 11.8 Å². The van der Waals surface area contributed by atoms with Crippen molar-refractivity contribution < 1.29 is 0 Å². The summed E-state index contributed by atoms with van der Waals surface area (Å²) in [6.45, 7) is 0. The summed E-state index contributed by atoms with van der Waals surface area (Å²) in [5, 5.41) is 7.87. The first-order valence-electron chi connectivity index (χ1n) is 3.89. The Morgan fingerprint density at radius 3 is 3.23 bits per heavy atom. The summed E-state index contributed by atoms with van der Waals surface area (Å²) in [5.41, 5.74) is 1.97. The Kier molecular flexibility index (Phi) is 2.20. The SMILES string of the molecule is ClCC#Cc1cccc2[nH]ncc12. The van der Waals surface area contributed by atoms with Gasteiger partial charge in [-0.2, -0.15) is 5.10 Å². The zero-order chi connectivity index (χ0) is 9.10. The number of benzene rings is 1. The molecule has 0 amide bonds. The molecule has 0 fully saturated rings. The van der Waals surface area contributed by atoms with Crippen LogP contribution in [0.1, 0.15) is 5.56 Å². The van der Waals surface area contributed by atoms with E-state index in [4.69, 9.17) is 11.6 Å². The molecule has 0 unspecified atom stereocenters. The predicted octanol–water partition coefficient (Wildman–Crippen LogP) is 2.15. The molecule has 3 heteroatoms. The van der Waals surface area contributed by atoms with Crippen molar-refractivity contribution >= 4 is 22.5 Å². The van der Waals surface area contributed by atoms with Crippen molar-refractivity contribution in [3.63, 3.8) is 0 Å². The number of aromatic nitrogens is 2. The molecule has 0 radical (unpaired) electrons. The van der Waals surface area contributed by atoms with Gasteiger partial charge in [0.05, 0.1) is 17.6 Å². The van der Waals surface area contributed by atoms with Crippen LogP contribution < -0.4 is 0 Å². The largest absolute Gasteiger partial charge is 0.278 e. The van der Waals surface area contributed by atoms with Crippen molar-refractivity contribution in [2.75, 3.05) is 5.88 Å². The van der Waals surface area contributed by atoms with E-state index < -0.39 is 0 Å². The summed E-state index contributed by atoms with van der Waals surface area (Å²) in [7, 11) is 0. The zero-order valence-electron chi connectivity index (χ0n) is 6.84. The van der Waals surface area contributed by atoms with E-state index in [2.05, 4.69) is 22.0 Å². The Morgan fingerprint density at radius 2 is 2.38 bits per heavy atom. The first-order valence-corrected chi connectivity index (χ1v) is 4.42. The van der Waals surface area contributed by atoms with Gasteiger partial charge in [0.25, 0.3) is 0 Å². The van der Waals surface area contributed by atoms with Crippen LogP contribution in [0.5, 0.6) is 0 Å². The highest BCUT2D eigenvalue weighted by atomic mass is 35.5. The molecule has 0 saturated carbocycles. The Morgan fingerprint density at radius 1 is 1.46 bits per heavy atom. The maximum atomic E-state index is 5.48. The molecule has 0 spiro atoms. The molecule has 0 aliphatic carbocycles. The fourth-order valence-electron chi connectivity index (χ4n) is 1.21. The van der Waals surface area contributed by atoms with Gasteiger partial charge >= 0.3 is 0 Å². The van der Waals surface area contributed by atoms with Gasteiger partial charge in [-0.25, -0.2) is 0 Å². The number of hydrogen-bond acceptors (Lipinski definition) is 1. The van der Waals surface area contributed by atoms with Crippen LogP contribution in [0.2, 0.25) is 0 Å². The maximum Gasteiger partial charge on any atom is 0.0839 e. The van der Waals surface area contributed by atoms with Gasteiger partial charge in [0.15, 0.2) is 0 Å². The van der Waals surface area contributed by atoms with Gasteiger partial charge in [-0.1, -0.05) is 17.9 Å². The molecule has 1 aromatic carbocycles. The van der Waals surface area contributed by atoms with E-state index in [1.54, 1.807) is 6.20 Å². The van der Waals surface area contributed by atoms with Gasteiger partial charge in [0.1, 0.15) is 0 Å². The second kappa shape index (κ2) is 3.51. The minimum Gasteiger partial charge on any atom is -0.278 e. The van der Waals surface area contributed by atoms with Crippen molar-refractivity contribution in [1.29, 1.82) is 0 Å². The molecule has 2 rings (SSSR count). The van der Waals surface area contributed by atoms with Gasteiger partial charge in [-0.3, -0.25) is 5.10 Å². The van der Waals surface area contributed by atoms with E-state index in [1.807, 2.05) is 18.2 Å². The standard InChI is InChI=1S/C10H7ClN2/c11-6-2-4-8-3-1-5-10-9(8)7-12-13-10/h1,3,5,7H,6H2,(H,12,13). The molecule has 0 atom stereocenters. The van der Waals surface area contributed by atoms with Gasteiger partial charge in [0, 0.05) is 10.9 Å². The lowest BCUT2D eigenvalue weighted by Gasteiger charge is -1.91. The summed E-state index contributed by atoms with van der Waals surface area (Å²) in [6.07, 6.45) is 1.77. The van der Waals surface area contributed by atoms with Crippen LogP contribution in [0.3, 0.4) is 0 Å². The summed E-state index contributed by atoms with van der Waals surface area (Å²) in [5.74, 6) is 6.16. The van der Waals surface area contributed by atoms with Crippen LogP contribution in [-0.4, -0.2) is 16.1 Å². The highest BCUT2D eigenvalue weighted by molar-refractivity contribution is 6.19. The normalized spacial score (nSPS) is 9.62. The molecule has 1 N–H and O–H groups in total. The predicted molar refractivity (Wildman–Crippen MR) is 53.7 cm³/mol. The third-order valence-corrected chi connectivity index (χ3v) is 1.91. The minimum atomic E-state index is 0.355. The second-order valence-electron chi connectivity index (χ2n) is 2.57. The van der Waals surface area contributed by atoms with Crippen LogP contribution in [0.15, 0.2) is 24.4 Å². The average Bonchev–Trinajstić information content (AvgIpc) is 2.62. The Balaban J connectivity index is 2.61. The Bertz CT molecular complexity index is 476. The molecular weight excluding hydrogens is 184 g/mol. The summed E-state index contributed by atoms with van der Waals surface area (Å²) in [6, 6.07) is 5.87. The molecule has 0 aliphatic heterocycles. The molecule has 13 heavy (non-hydrogen) atoms. The smallest absolute Gasteiger partial charge is 0.0839 e. The van der Waals surface area contributed by atoms with Crippen molar-refractivity contribution in [3.05, 3.63) is 30.0 Å². The van der Waals surface area contributed by atoms with E-state index in [9.17, 15) is 0 Å². The number of fused-ring (bicyclic) bond motifs is 1. The van der Waals surface area contributed by atoms with Crippen molar-refractivity contribution in [1.82, 2.24) is 10.2 Å². The quantitative estimate of drug-likeness (QED) is 0.501. The number of nitrogens with one attached hydrogen (secondary N) is 1. The van der Waals surface area contributed by atoms with Gasteiger partial charge < -0.3 is 0 Å². The van der Waals surface area contributed by atoms with Gasteiger partial charge in [0.2, 0.25) is 0 Å². The number of alkyl halides is 1. The van der Waals surface area contributed by atoms with Crippen molar-refractivity contribution in [2.45, 2.75) is 0 Å². The highest BCUT2D eigenvalue weighted by Crippen LogP contribution is 2.14. The number of halogens is 1. The summed E-state index contributed by atoms with van der Waals surface area (Å²) < 4.78 is 0. The number of aromatic amines is 1. The summed E-state index contributed by atoms with van der Waals surface area (Å²) >= 11 is 5.48. The molecule has 0 bridgehead atoms. The molecule has 2 nitrogen and oxygen atoms in total. The van der Waals surface area contributed by atoms with Crippen molar-refractivity contribution in [2.24, 2.45) is 0 Å². The summed E-state index contributed by atoms with van der Waals surface area (Å²) in [4.78, 5) is 0. The number of nitrogens with zero attached hydrogens (tertiary/aromatic N) is 1. The van der Waals surface area contributed by atoms with Crippen LogP contribution in [-0.2, 0) is 0 Å². The van der Waals surface area contributed by atoms with E-state index >= 15 is 0 Å². The van der Waals surface area contributed by atoms with E-state index in [0.717, 1.165) is 16.5 Å². The molecule has 0 aliphatic rings. The number of rotatable bonds is 0. The topological polar surface area (TPSA) is 28.7 Å². The lowest BCUT2D eigenvalue weighted by atomic mass is 10.1. The fourth-order valence-corrected chi connectivity index (χ4v) is 1.27. The fraction of sp³-hybridized carbons (Fsp3) is 0.100. The molecule has 64 valence electrons. The molecule has 1 heterocycles. The third kappa shape index (κ3) is 1.51. The van der Waals surface area contributed by atoms with Crippen LogP contribution in [0.4, 0.5) is 0 Å². The maximum absolute atomic E-state index is 5.48. The second-order valence-corrected chi connectivity index (χ2v) is 2.84. The molecular formula is C10H7ClN2. The molecule has 0 saturated heterocycles. The van der Waals surface area contributed by atoms with E-state index in [0.29, 0.717) is 5.88 Å². The Labute approximate surface area is 80.9 Å². The Hall–Kier alpha value is -1.46. The zero-order valence-corrected chi connectivity index (χ0v) is 7.60. The van der Waals surface area contributed by atoms with Crippen molar-refractivity contribution in [3.8, 4) is 11.8 Å². The van der Waals surface area contributed by atoms with E-state index in [1.165, 1.54) is 0 Å².